The van der Waals surface area contributed by atoms with Gasteiger partial charge in [-0.3, -0.25) is 0 Å². The van der Waals surface area contributed by atoms with Crippen molar-refractivity contribution in [1.82, 2.24) is 0 Å². The number of carboxylic acid groups (broad SMARTS) is 1. The Morgan fingerprint density at radius 3 is 2.50 bits per heavy atom. The molecule has 0 saturated heterocycles. The summed E-state index contributed by atoms with van der Waals surface area (Å²) in [5.41, 5.74) is -0.0326. The molecule has 0 amide bonds. The zero-order valence-electron chi connectivity index (χ0n) is 7.92. The van der Waals surface area contributed by atoms with Crippen molar-refractivity contribution in [1.29, 1.82) is 0 Å². The quantitative estimate of drug-likeness (QED) is 0.761. The monoisotopic (exact) mass is 245 g/mol. The van der Waals surface area contributed by atoms with Crippen LogP contribution in [-0.4, -0.2) is 19.5 Å². The molecule has 16 heavy (non-hydrogen) atoms. The van der Waals surface area contributed by atoms with Gasteiger partial charge in [0.15, 0.2) is 0 Å². The number of benzene rings is 1. The molecule has 0 spiro atoms. The predicted octanol–water partition coefficient (Wildman–Crippen LogP) is 0.571. The summed E-state index contributed by atoms with van der Waals surface area (Å²) in [4.78, 5) is 9.82. The minimum atomic E-state index is -3.95. The van der Waals surface area contributed by atoms with Gasteiger partial charge in [0, 0.05) is 11.6 Å². The molecule has 7 heteroatoms. The van der Waals surface area contributed by atoms with Crippen LogP contribution in [0.1, 0.15) is 5.56 Å². The molecule has 0 atom stereocenters. The summed E-state index contributed by atoms with van der Waals surface area (Å²) >= 11 is 0. The van der Waals surface area contributed by atoms with Gasteiger partial charge in [0.05, 0.1) is 4.90 Å². The van der Waals surface area contributed by atoms with Gasteiger partial charge in [-0.05, 0) is 18.2 Å². The molecular formula is C9H8FNO4S. The Morgan fingerprint density at radius 2 is 2.06 bits per heavy atom. The SMILES string of the molecule is NS(=O)(=O)c1ccc(C=CC(=O)O)c(F)c1. The maximum atomic E-state index is 13.3. The molecule has 0 bridgehead atoms. The van der Waals surface area contributed by atoms with Crippen molar-refractivity contribution in [2.75, 3.05) is 0 Å². The molecular weight excluding hydrogens is 237 g/mol. The summed E-state index contributed by atoms with van der Waals surface area (Å²) < 4.78 is 35.0. The van der Waals surface area contributed by atoms with Crippen molar-refractivity contribution in [3.05, 3.63) is 35.7 Å². The number of nitrogens with two attached hydrogens (primary N) is 1. The van der Waals surface area contributed by atoms with E-state index in [0.29, 0.717) is 0 Å². The van der Waals surface area contributed by atoms with Crippen molar-refractivity contribution in [2.24, 2.45) is 5.14 Å². The third-order valence-corrected chi connectivity index (χ3v) is 2.62. The zero-order valence-corrected chi connectivity index (χ0v) is 8.74. The lowest BCUT2D eigenvalue weighted by Gasteiger charge is -2.00. The Kier molecular flexibility index (Phi) is 3.41. The third kappa shape index (κ3) is 3.14. The second kappa shape index (κ2) is 4.42. The van der Waals surface area contributed by atoms with Crippen LogP contribution >= 0.6 is 0 Å². The van der Waals surface area contributed by atoms with Crippen LogP contribution in [0.2, 0.25) is 0 Å². The van der Waals surface area contributed by atoms with E-state index in [4.69, 9.17) is 10.2 Å². The minimum absolute atomic E-state index is 0.0326. The maximum Gasteiger partial charge on any atom is 0.328 e. The van der Waals surface area contributed by atoms with Crippen molar-refractivity contribution >= 4 is 22.1 Å². The van der Waals surface area contributed by atoms with Gasteiger partial charge in [-0.1, -0.05) is 6.07 Å². The van der Waals surface area contributed by atoms with Crippen molar-refractivity contribution in [3.8, 4) is 0 Å². The fourth-order valence-electron chi connectivity index (χ4n) is 0.981. The summed E-state index contributed by atoms with van der Waals surface area (Å²) in [5.74, 6) is -2.08. The molecule has 3 N–H and O–H groups in total. The van der Waals surface area contributed by atoms with Crippen molar-refractivity contribution in [2.45, 2.75) is 4.90 Å². The van der Waals surface area contributed by atoms with Gasteiger partial charge >= 0.3 is 5.97 Å². The highest BCUT2D eigenvalue weighted by Crippen LogP contribution is 2.14. The van der Waals surface area contributed by atoms with Crippen LogP contribution in [-0.2, 0) is 14.8 Å². The van der Waals surface area contributed by atoms with Gasteiger partial charge in [-0.2, -0.15) is 0 Å². The molecule has 1 aromatic rings. The minimum Gasteiger partial charge on any atom is -0.478 e. The standard InChI is InChI=1S/C9H8FNO4S/c10-8-5-7(16(11,14)15)3-1-6(8)2-4-9(12)13/h1-5H,(H,12,13)(H2,11,14,15). The molecule has 0 aromatic heterocycles. The molecule has 86 valence electrons. The summed E-state index contributed by atoms with van der Waals surface area (Å²) in [7, 11) is -3.95. The molecule has 0 radical (unpaired) electrons. The van der Waals surface area contributed by atoms with Gasteiger partial charge in [-0.25, -0.2) is 22.7 Å². The fraction of sp³-hybridized carbons (Fsp3) is 0. The van der Waals surface area contributed by atoms with E-state index in [1.165, 1.54) is 0 Å². The first-order chi connectivity index (χ1) is 7.30. The second-order valence-corrected chi connectivity index (χ2v) is 4.46. The number of carbonyl (C=O) groups is 1. The summed E-state index contributed by atoms with van der Waals surface area (Å²) in [5, 5.41) is 13.1. The average Bonchev–Trinajstić information content (AvgIpc) is 2.14. The Bertz CT molecular complexity index is 551. The molecule has 1 aromatic carbocycles. The molecule has 0 aliphatic carbocycles. The third-order valence-electron chi connectivity index (χ3n) is 1.71. The number of hydrogen-bond donors (Lipinski definition) is 2. The Hall–Kier alpha value is -1.73. The molecule has 0 heterocycles. The van der Waals surface area contributed by atoms with E-state index >= 15 is 0 Å². The largest absolute Gasteiger partial charge is 0.478 e. The second-order valence-electron chi connectivity index (χ2n) is 2.90. The topological polar surface area (TPSA) is 97.5 Å². The highest BCUT2D eigenvalue weighted by molar-refractivity contribution is 7.89. The number of hydrogen-bond acceptors (Lipinski definition) is 3. The highest BCUT2D eigenvalue weighted by atomic mass is 32.2. The zero-order chi connectivity index (χ0) is 12.3. The van der Waals surface area contributed by atoms with Gasteiger partial charge in [-0.15, -0.1) is 0 Å². The first-order valence-corrected chi connectivity index (χ1v) is 5.58. The number of primary sulfonamides is 1. The van der Waals surface area contributed by atoms with E-state index in [1.807, 2.05) is 0 Å². The van der Waals surface area contributed by atoms with Crippen LogP contribution < -0.4 is 5.14 Å². The van der Waals surface area contributed by atoms with E-state index in [0.717, 1.165) is 30.4 Å². The average molecular weight is 245 g/mol. The van der Waals surface area contributed by atoms with E-state index < -0.39 is 21.8 Å². The van der Waals surface area contributed by atoms with E-state index in [2.05, 4.69) is 0 Å². The molecule has 0 aliphatic rings. The number of halogens is 1. The van der Waals surface area contributed by atoms with E-state index in [9.17, 15) is 17.6 Å². The fourth-order valence-corrected chi connectivity index (χ4v) is 1.51. The van der Waals surface area contributed by atoms with Crippen molar-refractivity contribution in [3.63, 3.8) is 0 Å². The predicted molar refractivity (Wildman–Crippen MR) is 54.4 cm³/mol. The highest BCUT2D eigenvalue weighted by Gasteiger charge is 2.10. The first kappa shape index (κ1) is 12.3. The van der Waals surface area contributed by atoms with E-state index in [1.54, 1.807) is 0 Å². The van der Waals surface area contributed by atoms with Crippen LogP contribution in [0.3, 0.4) is 0 Å². The van der Waals surface area contributed by atoms with Crippen LogP contribution in [0.4, 0.5) is 4.39 Å². The van der Waals surface area contributed by atoms with Gasteiger partial charge in [0.1, 0.15) is 5.82 Å². The van der Waals surface area contributed by atoms with Gasteiger partial charge < -0.3 is 5.11 Å². The molecule has 0 unspecified atom stereocenters. The van der Waals surface area contributed by atoms with Gasteiger partial charge in [0.2, 0.25) is 10.0 Å². The Morgan fingerprint density at radius 1 is 1.44 bits per heavy atom. The summed E-state index contributed by atoms with van der Waals surface area (Å²) in [6.07, 6.45) is 1.76. The summed E-state index contributed by atoms with van der Waals surface area (Å²) in [6, 6.07) is 2.96. The van der Waals surface area contributed by atoms with Crippen LogP contribution in [0, 0.1) is 5.82 Å². The Labute approximate surface area is 91.1 Å². The van der Waals surface area contributed by atoms with Gasteiger partial charge in [0.25, 0.3) is 0 Å². The number of rotatable bonds is 3. The molecule has 5 nitrogen and oxygen atoms in total. The maximum absolute atomic E-state index is 13.3. The molecule has 1 rings (SSSR count). The van der Waals surface area contributed by atoms with Crippen LogP contribution in [0.25, 0.3) is 6.08 Å². The number of sulfonamides is 1. The lowest BCUT2D eigenvalue weighted by atomic mass is 10.2. The lowest BCUT2D eigenvalue weighted by Crippen LogP contribution is -2.12. The summed E-state index contributed by atoms with van der Waals surface area (Å²) in [6.45, 7) is 0. The molecule has 0 saturated carbocycles. The van der Waals surface area contributed by atoms with Crippen molar-refractivity contribution < 1.29 is 22.7 Å². The van der Waals surface area contributed by atoms with Crippen LogP contribution in [0.5, 0.6) is 0 Å². The smallest absolute Gasteiger partial charge is 0.328 e. The molecule has 0 fully saturated rings. The van der Waals surface area contributed by atoms with Crippen LogP contribution in [0.15, 0.2) is 29.2 Å². The Balaban J connectivity index is 3.15. The molecule has 0 aliphatic heterocycles. The number of aliphatic carboxylic acids is 1. The van der Waals surface area contributed by atoms with E-state index in [-0.39, 0.29) is 10.5 Å². The number of carboxylic acids is 1. The normalized spacial score (nSPS) is 11.9. The lowest BCUT2D eigenvalue weighted by molar-refractivity contribution is -0.131. The first-order valence-electron chi connectivity index (χ1n) is 4.04.